The van der Waals surface area contributed by atoms with Gasteiger partial charge in [-0.05, 0) is 47.6 Å². The Bertz CT molecular complexity index is 1560. The third kappa shape index (κ3) is 7.77. The highest BCUT2D eigenvalue weighted by Gasteiger charge is 2.30. The largest absolute Gasteiger partial charge is 0.395 e. The van der Waals surface area contributed by atoms with E-state index in [1.165, 1.54) is 16.7 Å². The number of aliphatic hydroxyl groups is 1. The third-order valence-corrected chi connectivity index (χ3v) is 8.96. The van der Waals surface area contributed by atoms with Crippen molar-refractivity contribution in [3.63, 3.8) is 0 Å². The fourth-order valence-electron chi connectivity index (χ4n) is 6.29. The number of anilines is 1. The average molecular weight is 610 g/mol. The lowest BCUT2D eigenvalue weighted by Crippen LogP contribution is -2.46. The molecule has 0 bridgehead atoms. The van der Waals surface area contributed by atoms with Gasteiger partial charge in [0.15, 0.2) is 0 Å². The summed E-state index contributed by atoms with van der Waals surface area (Å²) < 4.78 is 8.04. The molecule has 2 aromatic heterocycles. The van der Waals surface area contributed by atoms with Crippen LogP contribution in [0.5, 0.6) is 0 Å². The molecule has 1 saturated heterocycles. The van der Waals surface area contributed by atoms with Crippen LogP contribution in [-0.2, 0) is 24.9 Å². The Morgan fingerprint density at radius 2 is 1.62 bits per heavy atom. The van der Waals surface area contributed by atoms with Crippen molar-refractivity contribution in [2.24, 2.45) is 7.05 Å². The monoisotopic (exact) mass is 609 g/mol. The molecule has 6 rings (SSSR count). The molecule has 10 heteroatoms. The van der Waals surface area contributed by atoms with Crippen molar-refractivity contribution < 1.29 is 14.6 Å². The second-order valence-corrected chi connectivity index (χ2v) is 12.2. The molecule has 2 aromatic carbocycles. The Morgan fingerprint density at radius 1 is 0.933 bits per heavy atom. The maximum absolute atomic E-state index is 13.2. The summed E-state index contributed by atoms with van der Waals surface area (Å²) in [7, 11) is 1.85. The van der Waals surface area contributed by atoms with Crippen molar-refractivity contribution in [1.82, 2.24) is 29.9 Å². The number of β-amino-alcohol motifs (C(OH)–C–C–N with tert-alkyl or cyclic N) is 1. The zero-order chi connectivity index (χ0) is 31.2. The number of pyridine rings is 1. The van der Waals surface area contributed by atoms with Crippen LogP contribution in [0.15, 0.2) is 73.2 Å². The van der Waals surface area contributed by atoms with E-state index in [1.54, 1.807) is 23.1 Å². The molecule has 3 heterocycles. The van der Waals surface area contributed by atoms with Gasteiger partial charge in [0.05, 0.1) is 37.1 Å². The average Bonchev–Trinajstić information content (AvgIpc) is 3.70. The molecule has 4 N–H and O–H groups in total. The Hall–Kier alpha value is -4.09. The summed E-state index contributed by atoms with van der Waals surface area (Å²) in [4.78, 5) is 22.3. The van der Waals surface area contributed by atoms with E-state index in [-0.39, 0.29) is 30.5 Å². The number of hydrogen-bond donors (Lipinski definition) is 3. The van der Waals surface area contributed by atoms with Gasteiger partial charge in [0, 0.05) is 69.8 Å². The Morgan fingerprint density at radius 3 is 2.29 bits per heavy atom. The van der Waals surface area contributed by atoms with Crippen molar-refractivity contribution in [3.8, 4) is 22.3 Å². The molecule has 0 radical (unpaired) electrons. The highest BCUT2D eigenvalue weighted by atomic mass is 16.5. The highest BCUT2D eigenvalue weighted by Crippen LogP contribution is 2.27. The SMILES string of the molecule is Cn1cc(-c2cnc(N)c(C(=O)N[C@H]3CCC[C@@H]3OCc3ccc(-c4ccc(CN5CCN(CCO)CC5)cc4)cc3)c2)cn1. The molecular formula is C35H43N7O3. The lowest BCUT2D eigenvalue weighted by atomic mass is 10.0. The van der Waals surface area contributed by atoms with Crippen LogP contribution >= 0.6 is 0 Å². The summed E-state index contributed by atoms with van der Waals surface area (Å²) in [6.45, 7) is 6.53. The number of rotatable bonds is 11. The van der Waals surface area contributed by atoms with Gasteiger partial charge in [-0.15, -0.1) is 0 Å². The van der Waals surface area contributed by atoms with E-state index in [9.17, 15) is 4.79 Å². The molecule has 10 nitrogen and oxygen atoms in total. The molecule has 1 saturated carbocycles. The van der Waals surface area contributed by atoms with Crippen molar-refractivity contribution in [2.75, 3.05) is 45.1 Å². The van der Waals surface area contributed by atoms with Crippen LogP contribution in [0, 0.1) is 0 Å². The molecular weight excluding hydrogens is 566 g/mol. The normalized spacial score (nSPS) is 19.2. The fourth-order valence-corrected chi connectivity index (χ4v) is 6.29. The van der Waals surface area contributed by atoms with Gasteiger partial charge in [-0.25, -0.2) is 4.98 Å². The molecule has 2 fully saturated rings. The maximum Gasteiger partial charge on any atom is 0.255 e. The molecule has 1 aliphatic carbocycles. The first-order chi connectivity index (χ1) is 21.9. The van der Waals surface area contributed by atoms with Crippen LogP contribution in [-0.4, -0.2) is 87.1 Å². The van der Waals surface area contributed by atoms with Gasteiger partial charge in [-0.3, -0.25) is 19.3 Å². The van der Waals surface area contributed by atoms with Crippen LogP contribution < -0.4 is 11.1 Å². The number of amides is 1. The number of aromatic nitrogens is 3. The number of benzene rings is 2. The van der Waals surface area contributed by atoms with Crippen molar-refractivity contribution >= 4 is 11.7 Å². The van der Waals surface area contributed by atoms with Gasteiger partial charge in [0.1, 0.15) is 5.82 Å². The van der Waals surface area contributed by atoms with Crippen LogP contribution in [0.3, 0.4) is 0 Å². The van der Waals surface area contributed by atoms with Gasteiger partial charge in [0.2, 0.25) is 0 Å². The Labute approximate surface area is 264 Å². The molecule has 2 aliphatic rings. The third-order valence-electron chi connectivity index (χ3n) is 8.96. The van der Waals surface area contributed by atoms with Crippen molar-refractivity contribution in [2.45, 2.75) is 44.6 Å². The van der Waals surface area contributed by atoms with Gasteiger partial charge < -0.3 is 20.9 Å². The number of piperazine rings is 1. The number of carbonyl (C=O) groups is 1. The first-order valence-corrected chi connectivity index (χ1v) is 15.9. The van der Waals surface area contributed by atoms with Crippen LogP contribution in [0.25, 0.3) is 22.3 Å². The maximum atomic E-state index is 13.2. The summed E-state index contributed by atoms with van der Waals surface area (Å²) in [6, 6.07) is 19.1. The first kappa shape index (κ1) is 30.9. The lowest BCUT2D eigenvalue weighted by molar-refractivity contribution is 0.0272. The zero-order valence-electron chi connectivity index (χ0n) is 25.9. The van der Waals surface area contributed by atoms with E-state index in [0.29, 0.717) is 12.2 Å². The zero-order valence-corrected chi connectivity index (χ0v) is 25.9. The van der Waals surface area contributed by atoms with E-state index in [0.717, 1.165) is 75.2 Å². The summed E-state index contributed by atoms with van der Waals surface area (Å²) in [5.74, 6) is -0.0269. The number of ether oxygens (including phenoxy) is 1. The van der Waals surface area contributed by atoms with E-state index in [4.69, 9.17) is 15.6 Å². The van der Waals surface area contributed by atoms with E-state index in [2.05, 4.69) is 73.7 Å². The standard InChI is InChI=1S/C35H43N7O3/c1-40-23-30(21-38-40)29-19-31(34(36)37-20-29)35(44)39-32-3-2-4-33(32)45-24-26-7-11-28(12-8-26)27-9-5-25(6-10-27)22-42-15-13-41(14-16-42)17-18-43/h5-12,19-21,23,32-33,43H,2-4,13-18,22,24H2,1H3,(H2,36,37)(H,39,44)/t32-,33-/m0/s1. The van der Waals surface area contributed by atoms with Gasteiger partial charge in [-0.2, -0.15) is 5.10 Å². The fraction of sp³-hybridized carbons (Fsp3) is 0.400. The number of nitrogen functional groups attached to an aromatic ring is 1. The Balaban J connectivity index is 0.999. The minimum absolute atomic E-state index is 0.0606. The molecule has 4 aromatic rings. The number of nitrogens with two attached hydrogens (primary N) is 1. The smallest absolute Gasteiger partial charge is 0.255 e. The van der Waals surface area contributed by atoms with E-state index < -0.39 is 0 Å². The quantitative estimate of drug-likeness (QED) is 0.235. The number of nitrogens with one attached hydrogen (secondary N) is 1. The minimum Gasteiger partial charge on any atom is -0.395 e. The van der Waals surface area contributed by atoms with Gasteiger partial charge in [-0.1, -0.05) is 48.5 Å². The molecule has 45 heavy (non-hydrogen) atoms. The van der Waals surface area contributed by atoms with Crippen LogP contribution in [0.1, 0.15) is 40.7 Å². The number of aryl methyl sites for hydroxylation is 1. The number of aliphatic hydroxyl groups excluding tert-OH is 1. The predicted octanol–water partition coefficient (Wildman–Crippen LogP) is 3.71. The highest BCUT2D eigenvalue weighted by molar-refractivity contribution is 5.99. The number of nitrogens with zero attached hydrogens (tertiary/aromatic N) is 5. The predicted molar refractivity (Wildman–Crippen MR) is 175 cm³/mol. The van der Waals surface area contributed by atoms with Gasteiger partial charge in [0.25, 0.3) is 5.91 Å². The van der Waals surface area contributed by atoms with E-state index >= 15 is 0 Å². The summed E-state index contributed by atoms with van der Waals surface area (Å²) in [5.41, 5.74) is 12.9. The molecule has 0 spiro atoms. The summed E-state index contributed by atoms with van der Waals surface area (Å²) in [5, 5.41) is 16.5. The number of hydrogen-bond acceptors (Lipinski definition) is 8. The van der Waals surface area contributed by atoms with Gasteiger partial charge >= 0.3 is 0 Å². The van der Waals surface area contributed by atoms with Crippen molar-refractivity contribution in [1.29, 1.82) is 0 Å². The van der Waals surface area contributed by atoms with E-state index in [1.807, 2.05) is 13.2 Å². The molecule has 236 valence electrons. The molecule has 0 unspecified atom stereocenters. The summed E-state index contributed by atoms with van der Waals surface area (Å²) in [6.07, 6.45) is 7.98. The van der Waals surface area contributed by atoms with Crippen molar-refractivity contribution in [3.05, 3.63) is 89.9 Å². The Kier molecular flexibility index (Phi) is 9.85. The molecule has 2 atom stereocenters. The topological polar surface area (TPSA) is 122 Å². The lowest BCUT2D eigenvalue weighted by Gasteiger charge is -2.34. The molecule has 1 aliphatic heterocycles. The number of carbonyl (C=O) groups excluding carboxylic acids is 1. The first-order valence-electron chi connectivity index (χ1n) is 15.9. The summed E-state index contributed by atoms with van der Waals surface area (Å²) >= 11 is 0. The second kappa shape index (κ2) is 14.3. The minimum atomic E-state index is -0.234. The molecule has 1 amide bonds. The van der Waals surface area contributed by atoms with Crippen LogP contribution in [0.2, 0.25) is 0 Å². The van der Waals surface area contributed by atoms with Crippen LogP contribution in [0.4, 0.5) is 5.82 Å². The second-order valence-electron chi connectivity index (χ2n) is 12.2.